The molecule has 1 atom stereocenters. The maximum atomic E-state index is 5.67. The van der Waals surface area contributed by atoms with E-state index in [2.05, 4.69) is 15.5 Å². The van der Waals surface area contributed by atoms with E-state index in [0.29, 0.717) is 6.61 Å². The molecule has 1 aromatic heterocycles. The molecule has 0 aliphatic carbocycles. The summed E-state index contributed by atoms with van der Waals surface area (Å²) in [6, 6.07) is 9.87. The summed E-state index contributed by atoms with van der Waals surface area (Å²) >= 11 is 1.66. The van der Waals surface area contributed by atoms with Gasteiger partial charge in [0, 0.05) is 12.4 Å². The molecule has 1 aromatic carbocycles. The SMILES string of the molecule is c1ccc(OCCCSc2nnnn2C[C@H]2CCCO2)cc1. The van der Waals surface area contributed by atoms with Gasteiger partial charge in [0.05, 0.1) is 19.3 Å². The Bertz CT molecular complexity index is 558. The summed E-state index contributed by atoms with van der Waals surface area (Å²) in [6.45, 7) is 2.30. The molecular weight excluding hydrogens is 300 g/mol. The molecule has 1 aliphatic rings. The van der Waals surface area contributed by atoms with Crippen LogP contribution in [0.4, 0.5) is 0 Å². The van der Waals surface area contributed by atoms with Crippen LogP contribution in [0, 0.1) is 0 Å². The molecule has 2 heterocycles. The van der Waals surface area contributed by atoms with Gasteiger partial charge in [-0.1, -0.05) is 30.0 Å². The average molecular weight is 320 g/mol. The molecule has 0 unspecified atom stereocenters. The van der Waals surface area contributed by atoms with Gasteiger partial charge in [0.25, 0.3) is 0 Å². The van der Waals surface area contributed by atoms with E-state index in [1.807, 2.05) is 35.0 Å². The fourth-order valence-corrected chi connectivity index (χ4v) is 3.12. The summed E-state index contributed by atoms with van der Waals surface area (Å²) in [6.07, 6.45) is 3.43. The molecule has 1 fully saturated rings. The van der Waals surface area contributed by atoms with Gasteiger partial charge in [-0.15, -0.1) is 5.10 Å². The Morgan fingerprint density at radius 2 is 2.23 bits per heavy atom. The minimum atomic E-state index is 0.254. The first-order chi connectivity index (χ1) is 10.9. The van der Waals surface area contributed by atoms with Crippen molar-refractivity contribution in [2.45, 2.75) is 37.1 Å². The molecule has 0 spiro atoms. The first kappa shape index (κ1) is 15.3. The van der Waals surface area contributed by atoms with Gasteiger partial charge in [0.1, 0.15) is 5.75 Å². The minimum absolute atomic E-state index is 0.254. The topological polar surface area (TPSA) is 62.1 Å². The molecule has 3 rings (SSSR count). The fourth-order valence-electron chi connectivity index (χ4n) is 2.32. The Morgan fingerprint density at radius 1 is 1.32 bits per heavy atom. The third kappa shape index (κ3) is 4.45. The van der Waals surface area contributed by atoms with Crippen molar-refractivity contribution in [3.63, 3.8) is 0 Å². The standard InChI is InChI=1S/C15H20N4O2S/c1-2-6-13(7-3-1)20-10-5-11-22-15-16-17-18-19(15)12-14-8-4-9-21-14/h1-3,6-7,14H,4-5,8-12H2/t14-/m1/s1. The number of hydrogen-bond acceptors (Lipinski definition) is 6. The van der Waals surface area contributed by atoms with Crippen LogP contribution in [0.1, 0.15) is 19.3 Å². The van der Waals surface area contributed by atoms with Crippen LogP contribution in [0.25, 0.3) is 0 Å². The van der Waals surface area contributed by atoms with Gasteiger partial charge < -0.3 is 9.47 Å². The second kappa shape index (κ2) is 8.14. The lowest BCUT2D eigenvalue weighted by Gasteiger charge is -2.10. The van der Waals surface area contributed by atoms with Crippen LogP contribution in [0.15, 0.2) is 35.5 Å². The molecule has 1 saturated heterocycles. The predicted octanol–water partition coefficient (Wildman–Crippen LogP) is 2.41. The second-order valence-corrected chi connectivity index (χ2v) is 6.20. The summed E-state index contributed by atoms with van der Waals surface area (Å²) < 4.78 is 13.1. The van der Waals surface area contributed by atoms with Gasteiger partial charge in [-0.3, -0.25) is 0 Å². The van der Waals surface area contributed by atoms with E-state index in [0.717, 1.165) is 49.1 Å². The maximum Gasteiger partial charge on any atom is 0.209 e. The Labute approximate surface area is 134 Å². The number of rotatable bonds is 8. The highest BCUT2D eigenvalue weighted by atomic mass is 32.2. The van der Waals surface area contributed by atoms with Crippen LogP contribution in [-0.4, -0.2) is 45.3 Å². The molecule has 0 radical (unpaired) electrons. The van der Waals surface area contributed by atoms with Gasteiger partial charge in [-0.05, 0) is 41.8 Å². The fraction of sp³-hybridized carbons (Fsp3) is 0.533. The van der Waals surface area contributed by atoms with E-state index < -0.39 is 0 Å². The molecule has 22 heavy (non-hydrogen) atoms. The van der Waals surface area contributed by atoms with Crippen molar-refractivity contribution in [3.05, 3.63) is 30.3 Å². The molecule has 7 heteroatoms. The van der Waals surface area contributed by atoms with Crippen LogP contribution >= 0.6 is 11.8 Å². The van der Waals surface area contributed by atoms with Crippen LogP contribution in [0.5, 0.6) is 5.75 Å². The molecule has 0 bridgehead atoms. The third-order valence-corrected chi connectivity index (χ3v) is 4.47. The number of thioether (sulfide) groups is 1. The number of benzene rings is 1. The van der Waals surface area contributed by atoms with E-state index >= 15 is 0 Å². The molecule has 118 valence electrons. The number of aromatic nitrogens is 4. The molecule has 2 aromatic rings. The third-order valence-electron chi connectivity index (χ3n) is 3.43. The van der Waals surface area contributed by atoms with Crippen molar-refractivity contribution in [2.24, 2.45) is 0 Å². The zero-order chi connectivity index (χ0) is 15.0. The monoisotopic (exact) mass is 320 g/mol. The largest absolute Gasteiger partial charge is 0.494 e. The van der Waals surface area contributed by atoms with Crippen molar-refractivity contribution in [1.82, 2.24) is 20.2 Å². The van der Waals surface area contributed by atoms with E-state index in [9.17, 15) is 0 Å². The zero-order valence-electron chi connectivity index (χ0n) is 12.4. The quantitative estimate of drug-likeness (QED) is 0.550. The first-order valence-corrected chi connectivity index (χ1v) is 8.59. The molecule has 0 amide bonds. The molecule has 0 saturated carbocycles. The Kier molecular flexibility index (Phi) is 5.66. The van der Waals surface area contributed by atoms with Crippen LogP contribution in [0.3, 0.4) is 0 Å². The summed E-state index contributed by atoms with van der Waals surface area (Å²) in [5.41, 5.74) is 0. The number of para-hydroxylation sites is 1. The number of ether oxygens (including phenoxy) is 2. The second-order valence-electron chi connectivity index (χ2n) is 5.14. The molecule has 0 N–H and O–H groups in total. The Balaban J connectivity index is 1.37. The van der Waals surface area contributed by atoms with E-state index in [1.54, 1.807) is 11.8 Å². The number of tetrazole rings is 1. The number of nitrogens with zero attached hydrogens (tertiary/aromatic N) is 4. The first-order valence-electron chi connectivity index (χ1n) is 7.60. The Hall–Kier alpha value is -1.60. The van der Waals surface area contributed by atoms with Crippen molar-refractivity contribution in [2.75, 3.05) is 19.0 Å². The average Bonchev–Trinajstić information content (AvgIpc) is 3.21. The predicted molar refractivity (Wildman–Crippen MR) is 84.1 cm³/mol. The zero-order valence-corrected chi connectivity index (χ0v) is 13.2. The highest BCUT2D eigenvalue weighted by molar-refractivity contribution is 7.99. The summed E-state index contributed by atoms with van der Waals surface area (Å²) in [7, 11) is 0. The Morgan fingerprint density at radius 3 is 3.05 bits per heavy atom. The van der Waals surface area contributed by atoms with Crippen molar-refractivity contribution < 1.29 is 9.47 Å². The lowest BCUT2D eigenvalue weighted by molar-refractivity contribution is 0.0912. The number of hydrogen-bond donors (Lipinski definition) is 0. The van der Waals surface area contributed by atoms with Crippen molar-refractivity contribution in [3.8, 4) is 5.75 Å². The highest BCUT2D eigenvalue weighted by Crippen LogP contribution is 2.19. The lowest BCUT2D eigenvalue weighted by atomic mass is 10.2. The van der Waals surface area contributed by atoms with E-state index in [1.165, 1.54) is 0 Å². The summed E-state index contributed by atoms with van der Waals surface area (Å²) in [4.78, 5) is 0. The summed E-state index contributed by atoms with van der Waals surface area (Å²) in [5.74, 6) is 1.84. The van der Waals surface area contributed by atoms with Crippen LogP contribution in [0.2, 0.25) is 0 Å². The van der Waals surface area contributed by atoms with E-state index in [4.69, 9.17) is 9.47 Å². The van der Waals surface area contributed by atoms with E-state index in [-0.39, 0.29) is 6.10 Å². The van der Waals surface area contributed by atoms with Crippen molar-refractivity contribution >= 4 is 11.8 Å². The maximum absolute atomic E-state index is 5.67. The normalized spacial score (nSPS) is 17.7. The molecule has 6 nitrogen and oxygen atoms in total. The molecule has 1 aliphatic heterocycles. The van der Waals surface area contributed by atoms with Gasteiger partial charge in [0.15, 0.2) is 0 Å². The highest BCUT2D eigenvalue weighted by Gasteiger charge is 2.18. The van der Waals surface area contributed by atoms with Gasteiger partial charge in [0.2, 0.25) is 5.16 Å². The van der Waals surface area contributed by atoms with Crippen LogP contribution < -0.4 is 4.74 Å². The van der Waals surface area contributed by atoms with Crippen LogP contribution in [-0.2, 0) is 11.3 Å². The van der Waals surface area contributed by atoms with Gasteiger partial charge in [-0.2, -0.15) is 0 Å². The summed E-state index contributed by atoms with van der Waals surface area (Å²) in [5, 5.41) is 12.8. The lowest BCUT2D eigenvalue weighted by Crippen LogP contribution is -2.17. The van der Waals surface area contributed by atoms with Gasteiger partial charge >= 0.3 is 0 Å². The van der Waals surface area contributed by atoms with Gasteiger partial charge in [-0.25, -0.2) is 4.68 Å². The smallest absolute Gasteiger partial charge is 0.209 e. The van der Waals surface area contributed by atoms with Crippen molar-refractivity contribution in [1.29, 1.82) is 0 Å². The molecular formula is C15H20N4O2S. The minimum Gasteiger partial charge on any atom is -0.494 e.